The van der Waals surface area contributed by atoms with E-state index in [-0.39, 0.29) is 55.0 Å². The minimum Gasteiger partial charge on any atom is -0.344 e. The molecule has 1 saturated heterocycles. The number of fused-ring (bicyclic) bond motifs is 2. The fraction of sp³-hybridized carbons (Fsp3) is 0.429. The van der Waals surface area contributed by atoms with Gasteiger partial charge >= 0.3 is 5.97 Å². The predicted molar refractivity (Wildman–Crippen MR) is 238 cm³/mol. The molecule has 0 aliphatic carbocycles. The summed E-state index contributed by atoms with van der Waals surface area (Å²) < 4.78 is 135. The fourth-order valence-corrected chi connectivity index (χ4v) is 10.3. The molecule has 3 heterocycles. The third kappa shape index (κ3) is 12.7. The Kier molecular flexibility index (Phi) is 15.7. The maximum Gasteiger partial charge on any atom is 0.333 e. The lowest BCUT2D eigenvalue weighted by molar-refractivity contribution is -0.437. The molecule has 1 fully saturated rings. The number of nitrogens with zero attached hydrogens (tertiary/aromatic N) is 3. The van der Waals surface area contributed by atoms with Gasteiger partial charge in [-0.3, -0.25) is 27.8 Å². The van der Waals surface area contributed by atoms with Crippen LogP contribution in [0.1, 0.15) is 89.7 Å². The van der Waals surface area contributed by atoms with Gasteiger partial charge in [-0.25, -0.2) is 4.79 Å². The van der Waals surface area contributed by atoms with Gasteiger partial charge in [0.25, 0.3) is 52.3 Å². The molecule has 0 aromatic heterocycles. The standard InChI is InChI=1S/C42H51N3O16S4/c1-41(2)32-28-30(64(55,56)57)17-19-34(32)43(24-12-26-62(49,50)51)36(41)14-8-5-4-6-9-15-37-42(3,23-11-7-10-16-40(48)61-45-38(46)21-22-39(45)47)33-29-31(65(58,59)60)18-20-35(33)44(37)25-13-27-63(52,53)54/h4-6,8-9,14-15,17-20,28-29H,7,10-13,16,21-27H2,1-3H3,(H3-,49,50,51,52,53,54,55,56,57,58,59,60)/p+1. The number of benzene rings is 2. The summed E-state index contributed by atoms with van der Waals surface area (Å²) in [6.07, 6.45) is 13.6. The molecule has 0 radical (unpaired) electrons. The number of allylic oxidation sites excluding steroid dienone is 8. The van der Waals surface area contributed by atoms with Crippen LogP contribution in [-0.4, -0.2) is 110 Å². The molecular weight excluding hydrogens is 931 g/mol. The first-order valence-electron chi connectivity index (χ1n) is 20.5. The van der Waals surface area contributed by atoms with E-state index in [1.54, 1.807) is 42.5 Å². The summed E-state index contributed by atoms with van der Waals surface area (Å²) in [4.78, 5) is 42.2. The molecule has 1 unspecified atom stereocenters. The summed E-state index contributed by atoms with van der Waals surface area (Å²) >= 11 is 0. The summed E-state index contributed by atoms with van der Waals surface area (Å²) in [5.74, 6) is -3.00. The lowest BCUT2D eigenvalue weighted by Crippen LogP contribution is -2.32. The van der Waals surface area contributed by atoms with E-state index in [0.29, 0.717) is 64.7 Å². The van der Waals surface area contributed by atoms with E-state index >= 15 is 0 Å². The van der Waals surface area contributed by atoms with E-state index in [9.17, 15) is 66.3 Å². The maximum absolute atomic E-state index is 12.4. The first kappa shape index (κ1) is 51.1. The molecule has 3 aliphatic heterocycles. The molecule has 2 amide bonds. The number of carbonyl (C=O) groups is 3. The minimum atomic E-state index is -4.64. The summed E-state index contributed by atoms with van der Waals surface area (Å²) in [6, 6.07) is 8.21. The molecule has 2 aromatic rings. The van der Waals surface area contributed by atoms with Gasteiger partial charge in [-0.05, 0) is 82.0 Å². The highest BCUT2D eigenvalue weighted by Gasteiger charge is 2.46. The van der Waals surface area contributed by atoms with Gasteiger partial charge in [0.15, 0.2) is 5.71 Å². The molecule has 1 atom stereocenters. The fourth-order valence-electron chi connectivity index (χ4n) is 8.28. The van der Waals surface area contributed by atoms with Crippen LogP contribution in [0.15, 0.2) is 94.4 Å². The van der Waals surface area contributed by atoms with Crippen molar-refractivity contribution in [3.63, 3.8) is 0 Å². The van der Waals surface area contributed by atoms with E-state index in [2.05, 4.69) is 0 Å². The number of amides is 2. The highest BCUT2D eigenvalue weighted by atomic mass is 32.2. The molecule has 0 spiro atoms. The van der Waals surface area contributed by atoms with E-state index in [4.69, 9.17) is 4.84 Å². The Labute approximate surface area is 378 Å². The van der Waals surface area contributed by atoms with Crippen molar-refractivity contribution in [2.24, 2.45) is 0 Å². The van der Waals surface area contributed by atoms with Crippen LogP contribution < -0.4 is 4.90 Å². The number of rotatable bonds is 21. The molecule has 23 heteroatoms. The Morgan fingerprint density at radius 3 is 1.91 bits per heavy atom. The van der Waals surface area contributed by atoms with Gasteiger partial charge in [0.05, 0.1) is 26.7 Å². The van der Waals surface area contributed by atoms with Crippen LogP contribution in [0.3, 0.4) is 0 Å². The number of unbranched alkanes of at least 4 members (excludes halogenated alkanes) is 2. The predicted octanol–water partition coefficient (Wildman–Crippen LogP) is 5.00. The number of carbonyl (C=O) groups excluding carboxylic acids is 3. The van der Waals surface area contributed by atoms with Crippen LogP contribution >= 0.6 is 0 Å². The zero-order chi connectivity index (χ0) is 48.2. The van der Waals surface area contributed by atoms with Gasteiger partial charge in [0.1, 0.15) is 6.54 Å². The van der Waals surface area contributed by atoms with E-state index < -0.39 is 80.6 Å². The average molecular weight is 983 g/mol. The van der Waals surface area contributed by atoms with Gasteiger partial charge in [-0.15, -0.1) is 5.06 Å². The van der Waals surface area contributed by atoms with Gasteiger partial charge in [0.2, 0.25) is 5.69 Å². The smallest absolute Gasteiger partial charge is 0.333 e. The Balaban J connectivity index is 1.42. The average Bonchev–Trinajstić information content (AvgIpc) is 3.71. The van der Waals surface area contributed by atoms with Crippen LogP contribution in [0, 0.1) is 0 Å². The highest BCUT2D eigenvalue weighted by Crippen LogP contribution is 2.51. The number of imide groups is 1. The summed E-state index contributed by atoms with van der Waals surface area (Å²) in [6.45, 7) is 5.78. The topological polar surface area (TPSA) is 287 Å². The largest absolute Gasteiger partial charge is 0.344 e. The molecule has 4 N–H and O–H groups in total. The van der Waals surface area contributed by atoms with E-state index in [1.807, 2.05) is 30.2 Å². The number of hydroxylamine groups is 2. The molecule has 2 aromatic carbocycles. The zero-order valence-corrected chi connectivity index (χ0v) is 39.1. The van der Waals surface area contributed by atoms with Crippen molar-refractivity contribution in [2.45, 2.75) is 99.2 Å². The Bertz CT molecular complexity index is 2830. The van der Waals surface area contributed by atoms with Crippen molar-refractivity contribution in [3.05, 3.63) is 95.8 Å². The van der Waals surface area contributed by atoms with Crippen LogP contribution in [0.25, 0.3) is 0 Å². The number of hydrogen-bond acceptors (Lipinski definition) is 13. The van der Waals surface area contributed by atoms with Crippen molar-refractivity contribution >= 4 is 75.3 Å². The third-order valence-corrected chi connectivity index (χ3v) is 14.8. The van der Waals surface area contributed by atoms with Crippen LogP contribution in [0.4, 0.5) is 11.4 Å². The van der Waals surface area contributed by atoms with Crippen molar-refractivity contribution in [1.29, 1.82) is 0 Å². The normalized spacial score (nSPS) is 19.8. The van der Waals surface area contributed by atoms with Crippen molar-refractivity contribution in [2.75, 3.05) is 29.5 Å². The third-order valence-electron chi connectivity index (χ3n) is 11.4. The molecule has 3 aliphatic rings. The second kappa shape index (κ2) is 19.9. The van der Waals surface area contributed by atoms with Crippen molar-refractivity contribution < 1.29 is 75.7 Å². The zero-order valence-electron chi connectivity index (χ0n) is 35.9. The summed E-state index contributed by atoms with van der Waals surface area (Å²) in [5.41, 5.74) is 1.76. The lowest BCUT2D eigenvalue weighted by Gasteiger charge is -2.30. The Morgan fingerprint density at radius 1 is 0.723 bits per heavy atom. The van der Waals surface area contributed by atoms with E-state index in [0.717, 1.165) is 0 Å². The SMILES string of the molecule is CC1(C)C(C=CC=CC=CC=C2N(CCCS(=O)(=O)O)c3ccc(S(=O)(=O)O)cc3C2(C)CCCCCC(=O)ON2C(=O)CCC2=O)=[N+](CCCS(=O)(=O)O)c2ccc(S(=O)(=O)O)cc21. The van der Waals surface area contributed by atoms with Crippen LogP contribution in [0.2, 0.25) is 0 Å². The highest BCUT2D eigenvalue weighted by molar-refractivity contribution is 7.86. The maximum atomic E-state index is 12.4. The molecular formula is C42H52N3O16S4+. The second-order valence-corrected chi connectivity index (χ2v) is 22.5. The van der Waals surface area contributed by atoms with Crippen molar-refractivity contribution in [3.8, 4) is 0 Å². The summed E-state index contributed by atoms with van der Waals surface area (Å²) in [7, 11) is -17.8. The Hall–Kier alpha value is -4.88. The van der Waals surface area contributed by atoms with Crippen molar-refractivity contribution in [1.82, 2.24) is 5.06 Å². The van der Waals surface area contributed by atoms with Gasteiger partial charge < -0.3 is 9.74 Å². The summed E-state index contributed by atoms with van der Waals surface area (Å²) in [5, 5.41) is 0.479. The number of anilines is 1. The van der Waals surface area contributed by atoms with Gasteiger partial charge in [0, 0.05) is 66.7 Å². The lowest BCUT2D eigenvalue weighted by atomic mass is 9.77. The second-order valence-electron chi connectivity index (χ2n) is 16.5. The molecule has 0 bridgehead atoms. The van der Waals surface area contributed by atoms with E-state index in [1.165, 1.54) is 36.4 Å². The molecule has 65 heavy (non-hydrogen) atoms. The molecule has 19 nitrogen and oxygen atoms in total. The first-order valence-corrected chi connectivity index (χ1v) is 26.6. The van der Waals surface area contributed by atoms with Crippen LogP contribution in [0.5, 0.6) is 0 Å². The monoisotopic (exact) mass is 982 g/mol. The molecule has 5 rings (SSSR count). The van der Waals surface area contributed by atoms with Gasteiger partial charge in [-0.1, -0.05) is 43.2 Å². The quantitative estimate of drug-likeness (QED) is 0.0421. The molecule has 0 saturated carbocycles. The van der Waals surface area contributed by atoms with Gasteiger partial charge in [-0.2, -0.15) is 38.2 Å². The minimum absolute atomic E-state index is 0.00665. The molecule has 354 valence electrons. The number of hydrogen-bond donors (Lipinski definition) is 4. The van der Waals surface area contributed by atoms with Crippen LogP contribution in [-0.2, 0) is 70.5 Å². The first-order chi connectivity index (χ1) is 30.1. The Morgan fingerprint density at radius 2 is 1.29 bits per heavy atom.